The standard InChI is InChI=1S/C19H22ClN5O4S2/c20-16-15(4-1-7-21-16)31(28,29)24-10-5-13(6-11-24)18(27)25-9-2-3-14(25)17(26)23-19-22-8-12-30-19/h1,4,7-8,12-14H,2-3,5-6,9-11H2,(H,22,23,26). The average Bonchev–Trinajstić information content (AvgIpc) is 3.45. The van der Waals surface area contributed by atoms with Gasteiger partial charge in [-0.15, -0.1) is 11.3 Å². The van der Waals surface area contributed by atoms with E-state index in [1.807, 2.05) is 0 Å². The van der Waals surface area contributed by atoms with Gasteiger partial charge in [0.2, 0.25) is 21.8 Å². The van der Waals surface area contributed by atoms with Gasteiger partial charge in [0.15, 0.2) is 5.13 Å². The lowest BCUT2D eigenvalue weighted by atomic mass is 9.96. The van der Waals surface area contributed by atoms with Crippen LogP contribution in [0.5, 0.6) is 0 Å². The molecular formula is C19H22ClN5O4S2. The SMILES string of the molecule is O=C(Nc1nccs1)C1CCCN1C(=O)C1CCN(S(=O)(=O)c2cccnc2Cl)CC1. The maximum Gasteiger partial charge on any atom is 0.248 e. The maximum atomic E-state index is 13.1. The Morgan fingerprint density at radius 2 is 1.90 bits per heavy atom. The molecule has 0 radical (unpaired) electrons. The Kier molecular flexibility index (Phi) is 6.56. The van der Waals surface area contributed by atoms with Crippen LogP contribution in [0.1, 0.15) is 25.7 Å². The van der Waals surface area contributed by atoms with Gasteiger partial charge in [0.05, 0.1) is 0 Å². The van der Waals surface area contributed by atoms with Crippen LogP contribution in [0.25, 0.3) is 0 Å². The monoisotopic (exact) mass is 483 g/mol. The van der Waals surface area contributed by atoms with Crippen LogP contribution in [0, 0.1) is 5.92 Å². The van der Waals surface area contributed by atoms with E-state index in [0.717, 1.165) is 6.42 Å². The largest absolute Gasteiger partial charge is 0.330 e. The zero-order valence-corrected chi connectivity index (χ0v) is 19.0. The highest BCUT2D eigenvalue weighted by atomic mass is 35.5. The molecule has 1 unspecified atom stereocenters. The van der Waals surface area contributed by atoms with Gasteiger partial charge in [0.25, 0.3) is 0 Å². The molecule has 166 valence electrons. The molecule has 2 fully saturated rings. The van der Waals surface area contributed by atoms with Crippen LogP contribution in [0.3, 0.4) is 0 Å². The lowest BCUT2D eigenvalue weighted by Gasteiger charge is -2.34. The van der Waals surface area contributed by atoms with Crippen molar-refractivity contribution < 1.29 is 18.0 Å². The number of piperidine rings is 1. The van der Waals surface area contributed by atoms with Crippen molar-refractivity contribution in [1.82, 2.24) is 19.2 Å². The van der Waals surface area contributed by atoms with Crippen molar-refractivity contribution in [3.63, 3.8) is 0 Å². The summed E-state index contributed by atoms with van der Waals surface area (Å²) in [6, 6.07) is 2.43. The third-order valence-corrected chi connectivity index (χ3v) is 8.68. The van der Waals surface area contributed by atoms with E-state index in [9.17, 15) is 18.0 Å². The molecule has 0 aliphatic carbocycles. The summed E-state index contributed by atoms with van der Waals surface area (Å²) in [6.07, 6.45) is 5.20. The van der Waals surface area contributed by atoms with Crippen molar-refractivity contribution in [1.29, 1.82) is 0 Å². The molecule has 2 saturated heterocycles. The summed E-state index contributed by atoms with van der Waals surface area (Å²) < 4.78 is 27.1. The van der Waals surface area contributed by atoms with Gasteiger partial charge >= 0.3 is 0 Å². The van der Waals surface area contributed by atoms with Gasteiger partial charge in [0, 0.05) is 43.3 Å². The number of carbonyl (C=O) groups is 2. The molecule has 1 atom stereocenters. The second-order valence-electron chi connectivity index (χ2n) is 7.49. The zero-order valence-electron chi connectivity index (χ0n) is 16.6. The quantitative estimate of drug-likeness (QED) is 0.652. The van der Waals surface area contributed by atoms with E-state index in [0.29, 0.717) is 30.9 Å². The van der Waals surface area contributed by atoms with Gasteiger partial charge in [0.1, 0.15) is 16.1 Å². The second-order valence-corrected chi connectivity index (χ2v) is 10.6. The molecule has 9 nitrogen and oxygen atoms in total. The predicted octanol–water partition coefficient (Wildman–Crippen LogP) is 2.22. The Balaban J connectivity index is 1.38. The van der Waals surface area contributed by atoms with Crippen LogP contribution in [0.2, 0.25) is 5.15 Å². The maximum absolute atomic E-state index is 13.1. The van der Waals surface area contributed by atoms with Gasteiger partial charge in [-0.3, -0.25) is 9.59 Å². The molecule has 2 amide bonds. The number of amides is 2. The fourth-order valence-corrected chi connectivity index (χ4v) is 6.49. The van der Waals surface area contributed by atoms with Crippen LogP contribution in [0.15, 0.2) is 34.8 Å². The van der Waals surface area contributed by atoms with Crippen molar-refractivity contribution >= 4 is 49.9 Å². The predicted molar refractivity (Wildman–Crippen MR) is 116 cm³/mol. The number of hydrogen-bond donors (Lipinski definition) is 1. The topological polar surface area (TPSA) is 113 Å². The lowest BCUT2D eigenvalue weighted by molar-refractivity contribution is -0.141. The van der Waals surface area contributed by atoms with Crippen molar-refractivity contribution in [3.05, 3.63) is 35.1 Å². The van der Waals surface area contributed by atoms with Crippen molar-refractivity contribution in [2.45, 2.75) is 36.6 Å². The van der Waals surface area contributed by atoms with Crippen LogP contribution >= 0.6 is 22.9 Å². The van der Waals surface area contributed by atoms with Crippen LogP contribution in [0.4, 0.5) is 5.13 Å². The average molecular weight is 484 g/mol. The molecular weight excluding hydrogens is 462 g/mol. The number of sulfonamides is 1. The van der Waals surface area contributed by atoms with E-state index in [2.05, 4.69) is 15.3 Å². The first-order valence-corrected chi connectivity index (χ1v) is 12.7. The third-order valence-electron chi connectivity index (χ3n) is 5.65. The van der Waals surface area contributed by atoms with Crippen molar-refractivity contribution in [2.75, 3.05) is 25.0 Å². The molecule has 0 aromatic carbocycles. The number of halogens is 1. The van der Waals surface area contributed by atoms with E-state index in [-0.39, 0.29) is 40.9 Å². The van der Waals surface area contributed by atoms with Gasteiger partial charge in [-0.25, -0.2) is 18.4 Å². The first-order chi connectivity index (χ1) is 14.9. The molecule has 4 heterocycles. The summed E-state index contributed by atoms with van der Waals surface area (Å²) in [7, 11) is -3.77. The number of likely N-dealkylation sites (tertiary alicyclic amines) is 1. The fraction of sp³-hybridized carbons (Fsp3) is 0.474. The number of carbonyl (C=O) groups excluding carboxylic acids is 2. The number of pyridine rings is 1. The molecule has 2 aromatic heterocycles. The molecule has 1 N–H and O–H groups in total. The smallest absolute Gasteiger partial charge is 0.248 e. The number of thiazole rings is 1. The second kappa shape index (κ2) is 9.19. The van der Waals surface area contributed by atoms with Crippen LogP contribution < -0.4 is 5.32 Å². The minimum absolute atomic E-state index is 0.0279. The number of nitrogens with zero attached hydrogens (tertiary/aromatic N) is 4. The minimum atomic E-state index is -3.77. The summed E-state index contributed by atoms with van der Waals surface area (Å²) in [4.78, 5) is 35.3. The molecule has 31 heavy (non-hydrogen) atoms. The number of rotatable bonds is 5. The number of hydrogen-bond acceptors (Lipinski definition) is 7. The molecule has 12 heteroatoms. The summed E-state index contributed by atoms with van der Waals surface area (Å²) >= 11 is 7.30. The first kappa shape index (κ1) is 22.1. The Hall–Kier alpha value is -2.08. The highest BCUT2D eigenvalue weighted by Gasteiger charge is 2.40. The van der Waals surface area contributed by atoms with E-state index in [4.69, 9.17) is 11.6 Å². The highest BCUT2D eigenvalue weighted by Crippen LogP contribution is 2.30. The van der Waals surface area contributed by atoms with E-state index in [1.54, 1.807) is 16.5 Å². The van der Waals surface area contributed by atoms with Crippen molar-refractivity contribution in [3.8, 4) is 0 Å². The van der Waals surface area contributed by atoms with E-state index < -0.39 is 16.1 Å². The lowest BCUT2D eigenvalue weighted by Crippen LogP contribution is -2.48. The Labute approximate surface area is 189 Å². The molecule has 0 bridgehead atoms. The van der Waals surface area contributed by atoms with Crippen molar-refractivity contribution in [2.24, 2.45) is 5.92 Å². The van der Waals surface area contributed by atoms with Gasteiger partial charge in [-0.05, 0) is 37.8 Å². The summed E-state index contributed by atoms with van der Waals surface area (Å²) in [5, 5.41) is 4.99. The zero-order chi connectivity index (χ0) is 22.0. The molecule has 2 aliphatic rings. The van der Waals surface area contributed by atoms with Gasteiger partial charge < -0.3 is 10.2 Å². The van der Waals surface area contributed by atoms with Gasteiger partial charge in [-0.1, -0.05) is 11.6 Å². The molecule has 2 aromatic rings. The summed E-state index contributed by atoms with van der Waals surface area (Å²) in [6.45, 7) is 0.958. The third kappa shape index (κ3) is 4.59. The first-order valence-electron chi connectivity index (χ1n) is 9.99. The van der Waals surface area contributed by atoms with E-state index in [1.165, 1.54) is 34.0 Å². The fourth-order valence-electron chi connectivity index (χ4n) is 4.06. The highest BCUT2D eigenvalue weighted by molar-refractivity contribution is 7.89. The Morgan fingerprint density at radius 1 is 1.13 bits per heavy atom. The molecule has 2 aliphatic heterocycles. The molecule has 4 rings (SSSR count). The number of aromatic nitrogens is 2. The van der Waals surface area contributed by atoms with Crippen LogP contribution in [-0.2, 0) is 19.6 Å². The van der Waals surface area contributed by atoms with E-state index >= 15 is 0 Å². The minimum Gasteiger partial charge on any atom is -0.330 e. The summed E-state index contributed by atoms with van der Waals surface area (Å²) in [5.74, 6) is -0.635. The van der Waals surface area contributed by atoms with Crippen LogP contribution in [-0.4, -0.2) is 65.1 Å². The number of nitrogens with one attached hydrogen (secondary N) is 1. The Morgan fingerprint density at radius 3 is 2.58 bits per heavy atom. The molecule has 0 saturated carbocycles. The normalized spacial score (nSPS) is 20.7. The van der Waals surface area contributed by atoms with Gasteiger partial charge in [-0.2, -0.15) is 4.31 Å². The number of anilines is 1. The molecule has 0 spiro atoms. The summed E-state index contributed by atoms with van der Waals surface area (Å²) in [5.41, 5.74) is 0. The Bertz CT molecular complexity index is 1060.